The molecule has 0 atom stereocenters. The van der Waals surface area contributed by atoms with Crippen LogP contribution in [0, 0.1) is 11.2 Å². The quantitative estimate of drug-likeness (QED) is 0.784. The van der Waals surface area contributed by atoms with Gasteiger partial charge in [-0.05, 0) is 30.4 Å². The fourth-order valence-corrected chi connectivity index (χ4v) is 2.78. The van der Waals surface area contributed by atoms with E-state index in [1.165, 1.54) is 12.1 Å². The first kappa shape index (κ1) is 16.0. The Morgan fingerprint density at radius 3 is 2.53 bits per heavy atom. The summed E-state index contributed by atoms with van der Waals surface area (Å²) >= 11 is 3.47. The minimum atomic E-state index is -0.713. The number of alkyl halides is 1. The van der Waals surface area contributed by atoms with Gasteiger partial charge in [0.25, 0.3) is 5.91 Å². The van der Waals surface area contributed by atoms with Crippen LogP contribution in [0.1, 0.15) is 37.0 Å². The molecule has 2 N–H and O–H groups in total. The average Bonchev–Trinajstić information content (AvgIpc) is 2.40. The van der Waals surface area contributed by atoms with Crippen LogP contribution in [0.15, 0.2) is 18.2 Å². The highest BCUT2D eigenvalue weighted by Gasteiger charge is 2.26. The van der Waals surface area contributed by atoms with Crippen molar-refractivity contribution in [2.24, 2.45) is 5.41 Å². The van der Waals surface area contributed by atoms with E-state index in [2.05, 4.69) is 35.1 Å². The Labute approximate surface area is 121 Å². The van der Waals surface area contributed by atoms with Crippen LogP contribution in [0.4, 0.5) is 4.39 Å². The summed E-state index contributed by atoms with van der Waals surface area (Å²) in [5.74, 6) is -1.36. The molecule has 0 aliphatic heterocycles. The monoisotopic (exact) mass is 331 g/mol. The number of hydrogen-bond acceptors (Lipinski definition) is 2. The molecule has 0 spiro atoms. The Balaban J connectivity index is 2.75. The second kappa shape index (κ2) is 6.89. The van der Waals surface area contributed by atoms with Crippen LogP contribution in [0.3, 0.4) is 0 Å². The molecule has 0 aliphatic rings. The summed E-state index contributed by atoms with van der Waals surface area (Å²) in [5, 5.41) is 12.7. The third-order valence-electron chi connectivity index (χ3n) is 3.60. The molecule has 0 radical (unpaired) electrons. The summed E-state index contributed by atoms with van der Waals surface area (Å²) < 4.78 is 13.5. The lowest BCUT2D eigenvalue weighted by molar-refractivity contribution is 0.0928. The zero-order valence-corrected chi connectivity index (χ0v) is 12.8. The summed E-state index contributed by atoms with van der Waals surface area (Å²) in [6.07, 6.45) is 1.85. The van der Waals surface area contributed by atoms with Crippen molar-refractivity contribution in [2.75, 3.05) is 11.9 Å². The molecule has 106 valence electrons. The van der Waals surface area contributed by atoms with E-state index in [1.807, 2.05) is 0 Å². The fourth-order valence-electron chi connectivity index (χ4n) is 1.79. The predicted octanol–water partition coefficient (Wildman–Crippen LogP) is 3.46. The first-order valence-electron chi connectivity index (χ1n) is 6.30. The number of amides is 1. The largest absolute Gasteiger partial charge is 0.508 e. The molecule has 1 rings (SSSR count). The van der Waals surface area contributed by atoms with Crippen molar-refractivity contribution >= 4 is 21.8 Å². The lowest BCUT2D eigenvalue weighted by Gasteiger charge is -2.29. The average molecular weight is 332 g/mol. The summed E-state index contributed by atoms with van der Waals surface area (Å²) in [6.45, 7) is 4.63. The number of aromatic hydroxyl groups is 1. The maximum Gasteiger partial charge on any atom is 0.254 e. The number of hydrogen-bond donors (Lipinski definition) is 2. The predicted molar refractivity (Wildman–Crippen MR) is 77.2 cm³/mol. The fraction of sp³-hybridized carbons (Fsp3) is 0.500. The van der Waals surface area contributed by atoms with Gasteiger partial charge >= 0.3 is 0 Å². The maximum atomic E-state index is 13.5. The van der Waals surface area contributed by atoms with Crippen LogP contribution in [0.2, 0.25) is 0 Å². The molecule has 1 aromatic carbocycles. The standard InChI is InChI=1S/C14H19BrFNO2/c1-3-14(4-2,8-15)9-17-13(19)11-6-5-10(18)7-12(11)16/h5-7,18H,3-4,8-9H2,1-2H3,(H,17,19). The smallest absolute Gasteiger partial charge is 0.254 e. The summed E-state index contributed by atoms with van der Waals surface area (Å²) in [5.41, 5.74) is -0.0586. The van der Waals surface area contributed by atoms with Crippen molar-refractivity contribution in [1.29, 1.82) is 0 Å². The van der Waals surface area contributed by atoms with Gasteiger partial charge in [0.15, 0.2) is 0 Å². The lowest BCUT2D eigenvalue weighted by Crippen LogP contribution is -2.38. The highest BCUT2D eigenvalue weighted by Crippen LogP contribution is 2.28. The molecule has 0 aromatic heterocycles. The van der Waals surface area contributed by atoms with Crippen molar-refractivity contribution in [3.8, 4) is 5.75 Å². The third kappa shape index (κ3) is 3.93. The topological polar surface area (TPSA) is 49.3 Å². The van der Waals surface area contributed by atoms with Crippen molar-refractivity contribution < 1.29 is 14.3 Å². The number of carbonyl (C=O) groups excluding carboxylic acids is 1. The molecule has 0 fully saturated rings. The first-order chi connectivity index (χ1) is 8.98. The molecule has 0 unspecified atom stereocenters. The number of rotatable bonds is 6. The molecule has 5 heteroatoms. The molecule has 0 saturated heterocycles. The van der Waals surface area contributed by atoms with Gasteiger partial charge in [-0.3, -0.25) is 4.79 Å². The van der Waals surface area contributed by atoms with Gasteiger partial charge in [0.2, 0.25) is 0 Å². The van der Waals surface area contributed by atoms with E-state index in [1.54, 1.807) is 0 Å². The molecule has 1 aromatic rings. The van der Waals surface area contributed by atoms with Crippen molar-refractivity contribution in [1.82, 2.24) is 5.32 Å². The Bertz CT molecular complexity index is 439. The zero-order chi connectivity index (χ0) is 14.5. The van der Waals surface area contributed by atoms with E-state index in [0.717, 1.165) is 24.2 Å². The molecule has 1 amide bonds. The van der Waals surface area contributed by atoms with Crippen LogP contribution < -0.4 is 5.32 Å². The van der Waals surface area contributed by atoms with Crippen molar-refractivity contribution in [3.63, 3.8) is 0 Å². The lowest BCUT2D eigenvalue weighted by atomic mass is 9.84. The third-order valence-corrected chi connectivity index (χ3v) is 4.79. The molecule has 0 saturated carbocycles. The van der Waals surface area contributed by atoms with Gasteiger partial charge in [-0.2, -0.15) is 0 Å². The molecular weight excluding hydrogens is 313 g/mol. The number of benzene rings is 1. The second-order valence-electron chi connectivity index (χ2n) is 4.69. The number of phenolic OH excluding ortho intramolecular Hbond substituents is 1. The van der Waals surface area contributed by atoms with Gasteiger partial charge in [-0.1, -0.05) is 29.8 Å². The first-order valence-corrected chi connectivity index (χ1v) is 7.43. The van der Waals surface area contributed by atoms with E-state index in [0.29, 0.717) is 6.54 Å². The highest BCUT2D eigenvalue weighted by atomic mass is 79.9. The number of halogens is 2. The second-order valence-corrected chi connectivity index (χ2v) is 5.25. The molecule has 0 bridgehead atoms. The van der Waals surface area contributed by atoms with Gasteiger partial charge in [-0.15, -0.1) is 0 Å². The molecule has 3 nitrogen and oxygen atoms in total. The maximum absolute atomic E-state index is 13.5. The minimum Gasteiger partial charge on any atom is -0.508 e. The Morgan fingerprint density at radius 2 is 2.05 bits per heavy atom. The van der Waals surface area contributed by atoms with E-state index >= 15 is 0 Å². The van der Waals surface area contributed by atoms with Crippen molar-refractivity contribution in [2.45, 2.75) is 26.7 Å². The van der Waals surface area contributed by atoms with E-state index in [-0.39, 0.29) is 16.7 Å². The van der Waals surface area contributed by atoms with Crippen LogP contribution >= 0.6 is 15.9 Å². The Hall–Kier alpha value is -1.10. The van der Waals surface area contributed by atoms with Crippen molar-refractivity contribution in [3.05, 3.63) is 29.6 Å². The van der Waals surface area contributed by atoms with Gasteiger partial charge in [0, 0.05) is 17.9 Å². The van der Waals surface area contributed by atoms with Crippen LogP contribution in [-0.2, 0) is 0 Å². The van der Waals surface area contributed by atoms with Crippen LogP contribution in [0.25, 0.3) is 0 Å². The van der Waals surface area contributed by atoms with Crippen LogP contribution in [-0.4, -0.2) is 22.9 Å². The van der Waals surface area contributed by atoms with Gasteiger partial charge in [0.05, 0.1) is 5.56 Å². The molecule has 0 aliphatic carbocycles. The highest BCUT2D eigenvalue weighted by molar-refractivity contribution is 9.09. The minimum absolute atomic E-state index is 0.0109. The summed E-state index contributed by atoms with van der Waals surface area (Å²) in [6, 6.07) is 3.52. The van der Waals surface area contributed by atoms with Gasteiger partial charge in [0.1, 0.15) is 11.6 Å². The number of nitrogens with one attached hydrogen (secondary N) is 1. The molecule has 0 heterocycles. The van der Waals surface area contributed by atoms with Gasteiger partial charge in [-0.25, -0.2) is 4.39 Å². The van der Waals surface area contributed by atoms with Gasteiger partial charge < -0.3 is 10.4 Å². The summed E-state index contributed by atoms with van der Waals surface area (Å²) in [4.78, 5) is 11.9. The Kier molecular flexibility index (Phi) is 5.79. The summed E-state index contributed by atoms with van der Waals surface area (Å²) in [7, 11) is 0. The van der Waals surface area contributed by atoms with Crippen LogP contribution in [0.5, 0.6) is 5.75 Å². The van der Waals surface area contributed by atoms with E-state index in [9.17, 15) is 9.18 Å². The Morgan fingerprint density at radius 1 is 1.42 bits per heavy atom. The van der Waals surface area contributed by atoms with E-state index < -0.39 is 11.7 Å². The SMILES string of the molecule is CCC(CC)(CBr)CNC(=O)c1ccc(O)cc1F. The molecular formula is C14H19BrFNO2. The normalized spacial score (nSPS) is 11.4. The number of carbonyl (C=O) groups is 1. The zero-order valence-electron chi connectivity index (χ0n) is 11.2. The van der Waals surface area contributed by atoms with E-state index in [4.69, 9.17) is 5.11 Å². The number of phenols is 1. The molecule has 19 heavy (non-hydrogen) atoms.